The van der Waals surface area contributed by atoms with Gasteiger partial charge in [0.2, 0.25) is 17.8 Å². The Morgan fingerprint density at radius 1 is 1.12 bits per heavy atom. The van der Waals surface area contributed by atoms with E-state index in [0.29, 0.717) is 42.8 Å². The summed E-state index contributed by atoms with van der Waals surface area (Å²) in [7, 11) is 0. The number of benzene rings is 1. The summed E-state index contributed by atoms with van der Waals surface area (Å²) in [6.07, 6.45) is 3.41. The van der Waals surface area contributed by atoms with E-state index in [1.807, 2.05) is 4.90 Å². The molecule has 1 fully saturated rings. The second kappa shape index (κ2) is 8.14. The summed E-state index contributed by atoms with van der Waals surface area (Å²) in [5.41, 5.74) is 0.620. The van der Waals surface area contributed by atoms with Gasteiger partial charge in [-0.15, -0.1) is 0 Å². The Bertz CT molecular complexity index is 778. The predicted octanol–water partition coefficient (Wildman–Crippen LogP) is 1.83. The maximum Gasteiger partial charge on any atom is 0.242 e. The van der Waals surface area contributed by atoms with E-state index in [1.165, 1.54) is 11.8 Å². The van der Waals surface area contributed by atoms with Crippen LogP contribution in [0.4, 0.5) is 11.6 Å². The quantitative estimate of drug-likeness (QED) is 0.817. The third kappa shape index (κ3) is 4.29. The predicted molar refractivity (Wildman–Crippen MR) is 100 cm³/mol. The highest BCUT2D eigenvalue weighted by Crippen LogP contribution is 2.20. The molecule has 0 N–H and O–H groups in total. The summed E-state index contributed by atoms with van der Waals surface area (Å²) in [6, 6.07) is 8.72. The Balaban J connectivity index is 1.61. The van der Waals surface area contributed by atoms with E-state index in [9.17, 15) is 9.59 Å². The minimum atomic E-state index is -0.197. The van der Waals surface area contributed by atoms with Gasteiger partial charge in [0.15, 0.2) is 0 Å². The zero-order valence-electron chi connectivity index (χ0n) is 14.5. The number of halogens is 1. The molecule has 0 atom stereocenters. The molecule has 0 bridgehead atoms. The van der Waals surface area contributed by atoms with Gasteiger partial charge in [0.1, 0.15) is 6.54 Å². The van der Waals surface area contributed by atoms with Crippen LogP contribution >= 0.6 is 11.6 Å². The average Bonchev–Trinajstić information content (AvgIpc) is 2.66. The van der Waals surface area contributed by atoms with Crippen LogP contribution in [0.15, 0.2) is 42.7 Å². The zero-order valence-corrected chi connectivity index (χ0v) is 15.3. The molecule has 1 aromatic carbocycles. The monoisotopic (exact) mass is 373 g/mol. The molecular formula is C18H20ClN5O2. The largest absolute Gasteiger partial charge is 0.338 e. The van der Waals surface area contributed by atoms with Gasteiger partial charge in [-0.3, -0.25) is 9.59 Å². The van der Waals surface area contributed by atoms with Crippen molar-refractivity contribution in [2.75, 3.05) is 42.5 Å². The molecule has 2 aromatic rings. The van der Waals surface area contributed by atoms with Gasteiger partial charge in [0.05, 0.1) is 0 Å². The molecule has 2 heterocycles. The van der Waals surface area contributed by atoms with Gasteiger partial charge in [-0.05, 0) is 24.3 Å². The lowest BCUT2D eigenvalue weighted by atomic mass is 10.2. The molecule has 136 valence electrons. The minimum absolute atomic E-state index is 0.00247. The Labute approximate surface area is 157 Å². The van der Waals surface area contributed by atoms with E-state index >= 15 is 0 Å². The first-order valence-electron chi connectivity index (χ1n) is 8.38. The number of aromatic nitrogens is 2. The summed E-state index contributed by atoms with van der Waals surface area (Å²) in [6.45, 7) is 3.90. The lowest BCUT2D eigenvalue weighted by molar-refractivity contribution is -0.131. The van der Waals surface area contributed by atoms with Crippen molar-refractivity contribution in [3.8, 4) is 0 Å². The van der Waals surface area contributed by atoms with Crippen molar-refractivity contribution in [2.24, 2.45) is 0 Å². The third-order valence-corrected chi connectivity index (χ3v) is 4.50. The maximum absolute atomic E-state index is 12.7. The molecule has 1 aliphatic rings. The molecule has 0 unspecified atom stereocenters. The number of hydrogen-bond acceptors (Lipinski definition) is 5. The maximum atomic E-state index is 12.7. The van der Waals surface area contributed by atoms with Gasteiger partial charge in [-0.2, -0.15) is 0 Å². The Morgan fingerprint density at radius 2 is 1.81 bits per heavy atom. The summed E-state index contributed by atoms with van der Waals surface area (Å²) in [4.78, 5) is 38.4. The first-order valence-corrected chi connectivity index (χ1v) is 8.76. The Kier molecular flexibility index (Phi) is 5.68. The summed E-state index contributed by atoms with van der Waals surface area (Å²) >= 11 is 6.00. The van der Waals surface area contributed by atoms with Crippen LogP contribution in [0.5, 0.6) is 0 Å². The number of carbonyl (C=O) groups excluding carboxylic acids is 2. The molecule has 0 aliphatic carbocycles. The SMILES string of the molecule is CC(=O)N(CC(=O)N1CCN(c2ncccn2)CC1)c1cccc(Cl)c1. The van der Waals surface area contributed by atoms with Crippen molar-refractivity contribution in [1.29, 1.82) is 0 Å². The fourth-order valence-corrected chi connectivity index (χ4v) is 3.06. The molecule has 1 aromatic heterocycles. The number of nitrogens with zero attached hydrogens (tertiary/aromatic N) is 5. The molecular weight excluding hydrogens is 354 g/mol. The molecule has 8 heteroatoms. The number of piperazine rings is 1. The number of anilines is 2. The van der Waals surface area contributed by atoms with Gasteiger partial charge >= 0.3 is 0 Å². The number of carbonyl (C=O) groups is 2. The van der Waals surface area contributed by atoms with Crippen LogP contribution < -0.4 is 9.80 Å². The van der Waals surface area contributed by atoms with Gasteiger partial charge < -0.3 is 14.7 Å². The summed E-state index contributed by atoms with van der Waals surface area (Å²) in [5, 5.41) is 0.526. The van der Waals surface area contributed by atoms with E-state index in [4.69, 9.17) is 11.6 Å². The topological polar surface area (TPSA) is 69.6 Å². The number of rotatable bonds is 4. The zero-order chi connectivity index (χ0) is 18.5. The van der Waals surface area contributed by atoms with Crippen LogP contribution in [0.2, 0.25) is 5.02 Å². The van der Waals surface area contributed by atoms with Crippen LogP contribution in [0.3, 0.4) is 0 Å². The molecule has 26 heavy (non-hydrogen) atoms. The van der Waals surface area contributed by atoms with Crippen molar-refractivity contribution < 1.29 is 9.59 Å². The van der Waals surface area contributed by atoms with Crippen LogP contribution in [0.25, 0.3) is 0 Å². The lowest BCUT2D eigenvalue weighted by Crippen LogP contribution is -2.52. The highest BCUT2D eigenvalue weighted by atomic mass is 35.5. The van der Waals surface area contributed by atoms with Crippen LogP contribution in [0, 0.1) is 0 Å². The van der Waals surface area contributed by atoms with Crippen LogP contribution in [-0.2, 0) is 9.59 Å². The molecule has 0 saturated carbocycles. The fourth-order valence-electron chi connectivity index (χ4n) is 2.87. The summed E-state index contributed by atoms with van der Waals surface area (Å²) in [5.74, 6) is 0.384. The van der Waals surface area contributed by atoms with Crippen LogP contribution in [0.1, 0.15) is 6.92 Å². The molecule has 7 nitrogen and oxygen atoms in total. The smallest absolute Gasteiger partial charge is 0.242 e. The van der Waals surface area contributed by atoms with Gasteiger partial charge in [0, 0.05) is 56.2 Å². The Morgan fingerprint density at radius 3 is 2.42 bits per heavy atom. The Hall–Kier alpha value is -2.67. The van der Waals surface area contributed by atoms with E-state index < -0.39 is 0 Å². The number of amides is 2. The first-order chi connectivity index (χ1) is 12.5. The van der Waals surface area contributed by atoms with Gasteiger partial charge in [-0.1, -0.05) is 17.7 Å². The molecule has 1 aliphatic heterocycles. The first kappa shape index (κ1) is 18.1. The molecule has 0 spiro atoms. The average molecular weight is 374 g/mol. The fraction of sp³-hybridized carbons (Fsp3) is 0.333. The lowest BCUT2D eigenvalue weighted by Gasteiger charge is -2.35. The van der Waals surface area contributed by atoms with E-state index in [-0.39, 0.29) is 18.4 Å². The summed E-state index contributed by atoms with van der Waals surface area (Å²) < 4.78 is 0. The van der Waals surface area contributed by atoms with Crippen molar-refractivity contribution in [3.05, 3.63) is 47.7 Å². The second-order valence-corrected chi connectivity index (χ2v) is 6.44. The van der Waals surface area contributed by atoms with E-state index in [0.717, 1.165) is 0 Å². The van der Waals surface area contributed by atoms with Crippen LogP contribution in [-0.4, -0.2) is 59.4 Å². The standard InChI is InChI=1S/C18H20ClN5O2/c1-14(25)24(16-5-2-4-15(19)12-16)13-17(26)22-8-10-23(11-9-22)18-20-6-3-7-21-18/h2-7,12H,8-11,13H2,1H3. The molecule has 0 radical (unpaired) electrons. The van der Waals surface area contributed by atoms with E-state index in [1.54, 1.807) is 47.6 Å². The highest BCUT2D eigenvalue weighted by Gasteiger charge is 2.25. The van der Waals surface area contributed by atoms with Gasteiger partial charge in [-0.25, -0.2) is 9.97 Å². The van der Waals surface area contributed by atoms with Crippen molar-refractivity contribution in [2.45, 2.75) is 6.92 Å². The highest BCUT2D eigenvalue weighted by molar-refractivity contribution is 6.30. The van der Waals surface area contributed by atoms with Crippen molar-refractivity contribution in [3.63, 3.8) is 0 Å². The van der Waals surface area contributed by atoms with Crippen molar-refractivity contribution >= 4 is 35.1 Å². The molecule has 1 saturated heterocycles. The van der Waals surface area contributed by atoms with E-state index in [2.05, 4.69) is 9.97 Å². The minimum Gasteiger partial charge on any atom is -0.338 e. The van der Waals surface area contributed by atoms with Gasteiger partial charge in [0.25, 0.3) is 0 Å². The normalized spacial score (nSPS) is 14.2. The van der Waals surface area contributed by atoms with Crippen molar-refractivity contribution in [1.82, 2.24) is 14.9 Å². The third-order valence-electron chi connectivity index (χ3n) is 4.26. The number of hydrogen-bond donors (Lipinski definition) is 0. The molecule has 3 rings (SSSR count). The second-order valence-electron chi connectivity index (χ2n) is 6.00. The molecule has 2 amide bonds.